The highest BCUT2D eigenvalue weighted by atomic mass is 16.5. The zero-order valence-corrected chi connectivity index (χ0v) is 13.8. The van der Waals surface area contributed by atoms with Crippen LogP contribution in [0.2, 0.25) is 0 Å². The van der Waals surface area contributed by atoms with E-state index >= 15 is 0 Å². The number of carbonyl (C=O) groups excluding carboxylic acids is 3. The number of nitrogens with two attached hydrogens (primary N) is 2. The van der Waals surface area contributed by atoms with E-state index in [9.17, 15) is 19.5 Å². The van der Waals surface area contributed by atoms with Crippen molar-refractivity contribution in [3.05, 3.63) is 11.7 Å². The van der Waals surface area contributed by atoms with Gasteiger partial charge >= 0.3 is 6.03 Å². The number of nitrogens with one attached hydrogen (secondary N) is 2. The zero-order valence-electron chi connectivity index (χ0n) is 13.8. The van der Waals surface area contributed by atoms with Gasteiger partial charge in [-0.25, -0.2) is 4.79 Å². The third kappa shape index (κ3) is 6.10. The van der Waals surface area contributed by atoms with Crippen LogP contribution in [0.1, 0.15) is 44.1 Å². The minimum Gasteiger partial charge on any atom is -0.394 e. The first-order valence-electron chi connectivity index (χ1n) is 7.39. The van der Waals surface area contributed by atoms with E-state index in [2.05, 4.69) is 20.8 Å². The fraction of sp³-hybridized carbons (Fsp3) is 0.615. The first-order chi connectivity index (χ1) is 11.6. The largest absolute Gasteiger partial charge is 0.394 e. The summed E-state index contributed by atoms with van der Waals surface area (Å²) >= 11 is 0. The number of aliphatic hydroxyl groups excluding tert-OH is 2. The number of hydrogen-bond acceptors (Lipinski definition) is 9. The highest BCUT2D eigenvalue weighted by Crippen LogP contribution is 2.16. The summed E-state index contributed by atoms with van der Waals surface area (Å²) in [5, 5.41) is 26.7. The Morgan fingerprint density at radius 1 is 1.32 bits per heavy atom. The number of amides is 3. The first-order valence-corrected chi connectivity index (χ1v) is 7.39. The monoisotopic (exact) mass is 358 g/mol. The van der Waals surface area contributed by atoms with Crippen LogP contribution in [0, 0.1) is 0 Å². The Morgan fingerprint density at radius 3 is 2.44 bits per heavy atom. The molecular weight excluding hydrogens is 336 g/mol. The Morgan fingerprint density at radius 2 is 1.96 bits per heavy atom. The summed E-state index contributed by atoms with van der Waals surface area (Å²) in [5.41, 5.74) is 10.7. The number of urea groups is 1. The van der Waals surface area contributed by atoms with Gasteiger partial charge in [0.15, 0.2) is 11.6 Å². The van der Waals surface area contributed by atoms with Crippen LogP contribution in [0.5, 0.6) is 0 Å². The quantitative estimate of drug-likeness (QED) is 0.278. The molecule has 0 saturated carbocycles. The van der Waals surface area contributed by atoms with Gasteiger partial charge in [-0.1, -0.05) is 5.16 Å². The molecule has 1 heterocycles. The van der Waals surface area contributed by atoms with Crippen LogP contribution in [0.25, 0.3) is 0 Å². The lowest BCUT2D eigenvalue weighted by atomic mass is 10.1. The average molecular weight is 358 g/mol. The van der Waals surface area contributed by atoms with Gasteiger partial charge in [0.1, 0.15) is 12.1 Å². The number of hydrogen-bond donors (Lipinski definition) is 6. The molecule has 12 heteroatoms. The maximum atomic E-state index is 12.0. The molecule has 0 aliphatic heterocycles. The van der Waals surface area contributed by atoms with Gasteiger partial charge in [-0.05, 0) is 13.8 Å². The van der Waals surface area contributed by atoms with Crippen molar-refractivity contribution < 1.29 is 29.1 Å². The molecule has 0 bridgehead atoms. The van der Waals surface area contributed by atoms with Crippen LogP contribution in [0.4, 0.5) is 4.79 Å². The third-order valence-electron chi connectivity index (χ3n) is 3.20. The van der Waals surface area contributed by atoms with Crippen LogP contribution in [-0.4, -0.2) is 56.8 Å². The minimum absolute atomic E-state index is 0.0141. The van der Waals surface area contributed by atoms with Crippen LogP contribution in [0.15, 0.2) is 4.52 Å². The number of rotatable bonds is 9. The van der Waals surface area contributed by atoms with Gasteiger partial charge in [0, 0.05) is 0 Å². The molecular formula is C13H22N6O6. The van der Waals surface area contributed by atoms with Crippen molar-refractivity contribution in [3.8, 4) is 0 Å². The lowest BCUT2D eigenvalue weighted by Gasteiger charge is -2.20. The number of primary amides is 1. The van der Waals surface area contributed by atoms with E-state index in [0.717, 1.165) is 0 Å². The molecule has 1 aromatic rings. The number of ketones is 1. The summed E-state index contributed by atoms with van der Waals surface area (Å²) in [4.78, 5) is 38.6. The van der Waals surface area contributed by atoms with E-state index in [0.29, 0.717) is 0 Å². The van der Waals surface area contributed by atoms with Gasteiger partial charge in [-0.3, -0.25) is 9.59 Å². The molecule has 0 fully saturated rings. The van der Waals surface area contributed by atoms with E-state index in [1.807, 2.05) is 0 Å². The van der Waals surface area contributed by atoms with Crippen LogP contribution in [0.3, 0.4) is 0 Å². The normalized spacial score (nSPS) is 15.7. The van der Waals surface area contributed by atoms with Crippen molar-refractivity contribution >= 4 is 17.7 Å². The predicted octanol–water partition coefficient (Wildman–Crippen LogP) is -2.38. The van der Waals surface area contributed by atoms with E-state index in [1.165, 1.54) is 13.8 Å². The molecule has 0 saturated heterocycles. The van der Waals surface area contributed by atoms with E-state index in [-0.39, 0.29) is 18.1 Å². The van der Waals surface area contributed by atoms with E-state index < -0.39 is 48.6 Å². The Bertz CT molecular complexity index is 618. The highest BCUT2D eigenvalue weighted by molar-refractivity contribution is 5.87. The Hall–Kier alpha value is -2.57. The van der Waals surface area contributed by atoms with Gasteiger partial charge in [-0.15, -0.1) is 0 Å². The molecule has 3 amide bonds. The molecule has 1 rings (SSSR count). The average Bonchev–Trinajstić information content (AvgIpc) is 3.00. The number of aromatic nitrogens is 2. The van der Waals surface area contributed by atoms with E-state index in [1.54, 1.807) is 0 Å². The lowest BCUT2D eigenvalue weighted by Crippen LogP contribution is -2.51. The molecule has 0 aliphatic carbocycles. The first kappa shape index (κ1) is 20.5. The van der Waals surface area contributed by atoms with Crippen molar-refractivity contribution in [1.82, 2.24) is 20.8 Å². The maximum absolute atomic E-state index is 12.0. The minimum atomic E-state index is -1.13. The van der Waals surface area contributed by atoms with Crippen molar-refractivity contribution in [3.63, 3.8) is 0 Å². The summed E-state index contributed by atoms with van der Waals surface area (Å²) in [5.74, 6) is -1.37. The molecule has 0 aromatic carbocycles. The van der Waals surface area contributed by atoms with Gasteiger partial charge in [0.05, 0.1) is 25.2 Å². The van der Waals surface area contributed by atoms with Crippen LogP contribution < -0.4 is 22.1 Å². The number of nitrogens with zero attached hydrogens (tertiary/aromatic N) is 2. The summed E-state index contributed by atoms with van der Waals surface area (Å²) in [6.07, 6.45) is -1.47. The fourth-order valence-corrected chi connectivity index (χ4v) is 1.93. The third-order valence-corrected chi connectivity index (χ3v) is 3.20. The molecule has 8 N–H and O–H groups in total. The van der Waals surface area contributed by atoms with Gasteiger partial charge in [0.2, 0.25) is 11.8 Å². The second kappa shape index (κ2) is 9.05. The Balaban J connectivity index is 2.89. The Labute approximate surface area is 142 Å². The highest BCUT2D eigenvalue weighted by Gasteiger charge is 2.27. The molecule has 12 nitrogen and oxygen atoms in total. The van der Waals surface area contributed by atoms with Crippen molar-refractivity contribution in [2.24, 2.45) is 11.5 Å². The molecule has 0 spiro atoms. The van der Waals surface area contributed by atoms with Crippen LogP contribution >= 0.6 is 0 Å². The maximum Gasteiger partial charge on any atom is 0.316 e. The molecule has 0 radical (unpaired) electrons. The van der Waals surface area contributed by atoms with Gasteiger partial charge in [-0.2, -0.15) is 4.98 Å². The molecule has 4 atom stereocenters. The summed E-state index contributed by atoms with van der Waals surface area (Å²) in [7, 11) is 0. The molecule has 140 valence electrons. The summed E-state index contributed by atoms with van der Waals surface area (Å²) < 4.78 is 4.93. The number of aliphatic hydroxyl groups is 2. The van der Waals surface area contributed by atoms with Gasteiger partial charge in [0.25, 0.3) is 0 Å². The van der Waals surface area contributed by atoms with Crippen molar-refractivity contribution in [2.75, 3.05) is 6.61 Å². The molecule has 1 unspecified atom stereocenters. The topological polar surface area (TPSA) is 207 Å². The second-order valence-corrected chi connectivity index (χ2v) is 5.45. The standard InChI is InChI=1S/C13H22N6O6/c1-5(21)10(6(2)22)17-13(24)16-8(3-9(15)23)12-18-11(19-25-12)7(14)4-20/h5,7-8,10,20-21H,3-4,14H2,1-2H3,(H2,15,23)(H2,16,17,24)/t5?,7-,8-,10+/m0/s1. The fourth-order valence-electron chi connectivity index (χ4n) is 1.93. The lowest BCUT2D eigenvalue weighted by molar-refractivity contribution is -0.121. The van der Waals surface area contributed by atoms with Crippen molar-refractivity contribution in [1.29, 1.82) is 0 Å². The SMILES string of the molecule is CC(=O)[C@H](NC(=O)N[C@@H](CC(N)=O)c1nc([C@@H](N)CO)no1)C(C)O. The van der Waals surface area contributed by atoms with Crippen LogP contribution in [-0.2, 0) is 9.59 Å². The Kier molecular flexibility index (Phi) is 7.42. The molecule has 0 aliphatic rings. The second-order valence-electron chi connectivity index (χ2n) is 5.45. The summed E-state index contributed by atoms with van der Waals surface area (Å²) in [6.45, 7) is 2.12. The smallest absolute Gasteiger partial charge is 0.316 e. The molecule has 25 heavy (non-hydrogen) atoms. The predicted molar refractivity (Wildman–Crippen MR) is 82.7 cm³/mol. The zero-order chi connectivity index (χ0) is 19.1. The number of carbonyl (C=O) groups is 3. The summed E-state index contributed by atoms with van der Waals surface area (Å²) in [6, 6.07) is -3.95. The van der Waals surface area contributed by atoms with Crippen molar-refractivity contribution in [2.45, 2.75) is 44.5 Å². The van der Waals surface area contributed by atoms with E-state index in [4.69, 9.17) is 21.1 Å². The molecule has 1 aromatic heterocycles. The van der Waals surface area contributed by atoms with Gasteiger partial charge < -0.3 is 36.8 Å². The number of Topliss-reactive ketones (excluding diaryl/α,β-unsaturated/α-hetero) is 1.